The van der Waals surface area contributed by atoms with E-state index in [1.165, 1.54) is 60.1 Å². The number of hydrogen-bond donors (Lipinski definition) is 0. The van der Waals surface area contributed by atoms with Crippen LogP contribution in [0.5, 0.6) is 0 Å². The molecule has 3 nitrogen and oxygen atoms in total. The van der Waals surface area contributed by atoms with Gasteiger partial charge in [-0.25, -0.2) is 9.97 Å². The predicted octanol–water partition coefficient (Wildman–Crippen LogP) is 17.4. The van der Waals surface area contributed by atoms with Crippen LogP contribution in [0.2, 0.25) is 0 Å². The second-order valence-corrected chi connectivity index (χ2v) is 16.9. The van der Waals surface area contributed by atoms with Gasteiger partial charge in [0, 0.05) is 33.8 Å². The van der Waals surface area contributed by atoms with Crippen molar-refractivity contribution >= 4 is 49.4 Å². The normalized spacial score (nSPS) is 11.3. The van der Waals surface area contributed by atoms with Crippen LogP contribution in [0.25, 0.3) is 99.6 Å². The topological polar surface area (TPSA) is 29.0 Å². The van der Waals surface area contributed by atoms with E-state index >= 15 is 0 Å². The van der Waals surface area contributed by atoms with Crippen LogP contribution in [0, 0.1) is 0 Å². The van der Waals surface area contributed by atoms with Crippen molar-refractivity contribution in [3.63, 3.8) is 0 Å². The van der Waals surface area contributed by atoms with Gasteiger partial charge in [-0.05, 0) is 120 Å². The molecule has 0 saturated heterocycles. The first-order valence-corrected chi connectivity index (χ1v) is 22.8. The van der Waals surface area contributed by atoms with Gasteiger partial charge in [-0.2, -0.15) is 0 Å². The van der Waals surface area contributed by atoms with Crippen molar-refractivity contribution in [2.24, 2.45) is 0 Å². The lowest BCUT2D eigenvalue weighted by Crippen LogP contribution is -2.09. The van der Waals surface area contributed by atoms with Crippen molar-refractivity contribution in [1.82, 2.24) is 9.97 Å². The third kappa shape index (κ3) is 7.49. The first-order chi connectivity index (χ1) is 33.2. The number of hydrogen-bond acceptors (Lipinski definition) is 3. The van der Waals surface area contributed by atoms with Crippen molar-refractivity contribution in [2.75, 3.05) is 4.90 Å². The maximum Gasteiger partial charge on any atom is 0.160 e. The SMILES string of the molecule is c1ccc(-c2cc(-c3ccccc3)nc(-c3ccc(N(c4ccccc4)c4ccc(-c5ccc(-c6c7ccccc7c(-c7cccc8ccccc78)c7ccccc67)cc5)cc4)cc3)n2)cc1. The van der Waals surface area contributed by atoms with Gasteiger partial charge in [-0.1, -0.05) is 206 Å². The molecule has 12 rings (SSSR count). The van der Waals surface area contributed by atoms with E-state index < -0.39 is 0 Å². The first-order valence-electron chi connectivity index (χ1n) is 22.8. The number of anilines is 3. The Bertz CT molecular complexity index is 3580. The highest BCUT2D eigenvalue weighted by Gasteiger charge is 2.19. The number of benzene rings is 11. The van der Waals surface area contributed by atoms with Crippen LogP contribution < -0.4 is 4.90 Å². The van der Waals surface area contributed by atoms with E-state index in [1.54, 1.807) is 0 Å². The third-order valence-corrected chi connectivity index (χ3v) is 12.9. The molecule has 0 bridgehead atoms. The molecule has 0 aliphatic rings. The monoisotopic (exact) mass is 853 g/mol. The van der Waals surface area contributed by atoms with Gasteiger partial charge in [0.25, 0.3) is 0 Å². The zero-order valence-electron chi connectivity index (χ0n) is 36.7. The lowest BCUT2D eigenvalue weighted by molar-refractivity contribution is 1.18. The van der Waals surface area contributed by atoms with Crippen molar-refractivity contribution in [3.8, 4) is 67.3 Å². The van der Waals surface area contributed by atoms with Crippen LogP contribution in [0.4, 0.5) is 17.1 Å². The Morgan fingerprint density at radius 1 is 0.254 bits per heavy atom. The smallest absolute Gasteiger partial charge is 0.160 e. The Morgan fingerprint density at radius 3 is 1.18 bits per heavy atom. The fourth-order valence-electron chi connectivity index (χ4n) is 9.68. The minimum Gasteiger partial charge on any atom is -0.311 e. The molecule has 0 N–H and O–H groups in total. The average molecular weight is 854 g/mol. The highest BCUT2D eigenvalue weighted by atomic mass is 15.1. The molecular weight excluding hydrogens is 811 g/mol. The van der Waals surface area contributed by atoms with Gasteiger partial charge >= 0.3 is 0 Å². The van der Waals surface area contributed by atoms with Crippen LogP contribution in [0.1, 0.15) is 0 Å². The molecule has 0 fully saturated rings. The van der Waals surface area contributed by atoms with Gasteiger partial charge < -0.3 is 4.90 Å². The molecule has 0 aliphatic carbocycles. The summed E-state index contributed by atoms with van der Waals surface area (Å²) in [7, 11) is 0. The van der Waals surface area contributed by atoms with E-state index in [9.17, 15) is 0 Å². The summed E-state index contributed by atoms with van der Waals surface area (Å²) in [5.41, 5.74) is 15.4. The van der Waals surface area contributed by atoms with Crippen molar-refractivity contribution in [3.05, 3.63) is 261 Å². The van der Waals surface area contributed by atoms with Gasteiger partial charge in [-0.3, -0.25) is 0 Å². The van der Waals surface area contributed by atoms with Crippen molar-refractivity contribution in [1.29, 1.82) is 0 Å². The van der Waals surface area contributed by atoms with Gasteiger partial charge in [-0.15, -0.1) is 0 Å². The molecule has 0 amide bonds. The molecule has 0 spiro atoms. The van der Waals surface area contributed by atoms with Gasteiger partial charge in [0.05, 0.1) is 11.4 Å². The molecule has 11 aromatic carbocycles. The molecule has 3 heteroatoms. The molecule has 0 radical (unpaired) electrons. The van der Waals surface area contributed by atoms with E-state index in [2.05, 4.69) is 229 Å². The lowest BCUT2D eigenvalue weighted by atomic mass is 9.84. The van der Waals surface area contributed by atoms with Crippen LogP contribution in [-0.2, 0) is 0 Å². The fraction of sp³-hybridized carbons (Fsp3) is 0. The number of fused-ring (bicyclic) bond motifs is 3. The summed E-state index contributed by atoms with van der Waals surface area (Å²) in [6.45, 7) is 0. The zero-order chi connectivity index (χ0) is 44.5. The molecule has 0 atom stereocenters. The number of rotatable bonds is 9. The number of nitrogens with zero attached hydrogens (tertiary/aromatic N) is 3. The molecule has 0 aliphatic heterocycles. The summed E-state index contributed by atoms with van der Waals surface area (Å²) < 4.78 is 0. The molecule has 314 valence electrons. The van der Waals surface area contributed by atoms with Gasteiger partial charge in [0.2, 0.25) is 0 Å². The molecule has 1 aromatic heterocycles. The summed E-state index contributed by atoms with van der Waals surface area (Å²) in [5.74, 6) is 0.688. The largest absolute Gasteiger partial charge is 0.311 e. The summed E-state index contributed by atoms with van der Waals surface area (Å²) in [6.07, 6.45) is 0. The molecule has 67 heavy (non-hydrogen) atoms. The molecular formula is C64H43N3. The summed E-state index contributed by atoms with van der Waals surface area (Å²) in [5, 5.41) is 7.53. The van der Waals surface area contributed by atoms with Crippen LogP contribution >= 0.6 is 0 Å². The van der Waals surface area contributed by atoms with E-state index in [0.29, 0.717) is 5.82 Å². The van der Waals surface area contributed by atoms with Crippen molar-refractivity contribution in [2.45, 2.75) is 0 Å². The van der Waals surface area contributed by atoms with E-state index in [0.717, 1.165) is 50.7 Å². The molecule has 0 saturated carbocycles. The highest BCUT2D eigenvalue weighted by Crippen LogP contribution is 2.46. The first kappa shape index (κ1) is 39.7. The highest BCUT2D eigenvalue weighted by molar-refractivity contribution is 6.23. The second kappa shape index (κ2) is 17.2. The molecule has 12 aromatic rings. The Hall–Kier alpha value is -8.92. The average Bonchev–Trinajstić information content (AvgIpc) is 3.41. The summed E-state index contributed by atoms with van der Waals surface area (Å²) >= 11 is 0. The fourth-order valence-corrected chi connectivity index (χ4v) is 9.68. The quantitative estimate of drug-likeness (QED) is 0.135. The summed E-state index contributed by atoms with van der Waals surface area (Å²) in [4.78, 5) is 12.5. The maximum absolute atomic E-state index is 5.08. The lowest BCUT2D eigenvalue weighted by Gasteiger charge is -2.26. The minimum atomic E-state index is 0.688. The van der Waals surface area contributed by atoms with E-state index in [4.69, 9.17) is 9.97 Å². The van der Waals surface area contributed by atoms with Crippen LogP contribution in [-0.4, -0.2) is 9.97 Å². The molecule has 1 heterocycles. The third-order valence-electron chi connectivity index (χ3n) is 12.9. The number of para-hydroxylation sites is 1. The van der Waals surface area contributed by atoms with E-state index in [-0.39, 0.29) is 0 Å². The van der Waals surface area contributed by atoms with Crippen LogP contribution in [0.3, 0.4) is 0 Å². The van der Waals surface area contributed by atoms with Gasteiger partial charge in [0.15, 0.2) is 5.82 Å². The summed E-state index contributed by atoms with van der Waals surface area (Å²) in [6, 6.07) is 93.0. The standard InChI is InChI=1S/C64H43N3/c1-4-18-47(19-5-1)60-43-61(48-20-6-2-7-21-48)66-64(65-60)50-37-41-53(42-38-50)67(51-23-8-3-9-24-51)52-39-35-45(36-40-52)44-31-33-49(34-32-44)62-56-26-12-14-28-58(56)63(59-29-15-13-27-57(59)62)55-30-16-22-46-17-10-11-25-54(46)55/h1-43H. The minimum absolute atomic E-state index is 0.688. The van der Waals surface area contributed by atoms with Crippen molar-refractivity contribution < 1.29 is 0 Å². The Balaban J connectivity index is 0.879. The Morgan fingerprint density at radius 2 is 0.642 bits per heavy atom. The molecule has 0 unspecified atom stereocenters. The Labute approximate surface area is 390 Å². The predicted molar refractivity (Wildman–Crippen MR) is 282 cm³/mol. The maximum atomic E-state index is 5.08. The second-order valence-electron chi connectivity index (χ2n) is 16.9. The number of aromatic nitrogens is 2. The van der Waals surface area contributed by atoms with E-state index in [1.807, 2.05) is 36.4 Å². The van der Waals surface area contributed by atoms with Gasteiger partial charge in [0.1, 0.15) is 0 Å². The zero-order valence-corrected chi connectivity index (χ0v) is 36.7. The van der Waals surface area contributed by atoms with Crippen LogP contribution in [0.15, 0.2) is 261 Å². The Kier molecular flexibility index (Phi) is 10.2.